The fourth-order valence-electron chi connectivity index (χ4n) is 7.85. The lowest BCUT2D eigenvalue weighted by Crippen LogP contribution is -2.28. The van der Waals surface area contributed by atoms with Gasteiger partial charge >= 0.3 is 0 Å². The molecule has 2 fully saturated rings. The Morgan fingerprint density at radius 1 is 0.731 bits per heavy atom. The molecule has 0 radical (unpaired) electrons. The van der Waals surface area contributed by atoms with Gasteiger partial charge in [-0.1, -0.05) is 96.9 Å². The zero-order valence-electron chi connectivity index (χ0n) is 32.5. The van der Waals surface area contributed by atoms with Crippen molar-refractivity contribution in [3.63, 3.8) is 0 Å². The van der Waals surface area contributed by atoms with Gasteiger partial charge in [0.15, 0.2) is 5.75 Å². The lowest BCUT2D eigenvalue weighted by molar-refractivity contribution is 0.286. The van der Waals surface area contributed by atoms with Gasteiger partial charge in [0, 0.05) is 37.3 Å². The molecule has 0 aliphatic heterocycles. The smallest absolute Gasteiger partial charge is 0.150 e. The van der Waals surface area contributed by atoms with Crippen LogP contribution in [0.25, 0.3) is 22.4 Å². The second-order valence-electron chi connectivity index (χ2n) is 16.2. The number of ether oxygens (including phenoxy) is 3. The summed E-state index contributed by atoms with van der Waals surface area (Å²) in [6.07, 6.45) is 15.8. The Morgan fingerprint density at radius 2 is 1.38 bits per heavy atom. The van der Waals surface area contributed by atoms with E-state index in [-0.39, 0.29) is 5.41 Å². The molecule has 52 heavy (non-hydrogen) atoms. The molecule has 3 aromatic carbocycles. The number of aryl methyl sites for hydroxylation is 1. The fourth-order valence-corrected chi connectivity index (χ4v) is 7.85. The standard InChI is InChI=1S/C45H64N4O3/c1-5-6-26-49-41-30-40(50-27-24-46-32-34-14-9-7-10-15-34)31-42(51-28-25-47-33-35-16-11-8-12-17-35)43(41)48-44(49)36-18-13-19-39(29-36)52-38-22-20-37(21-23-38)45(2,3)4/h13,18-23,29-31,34-35,46-47H,5-12,14-17,24-28,32-33H2,1-4H3. The van der Waals surface area contributed by atoms with E-state index in [9.17, 15) is 0 Å². The zero-order chi connectivity index (χ0) is 36.2. The van der Waals surface area contributed by atoms with E-state index in [2.05, 4.69) is 91.4 Å². The minimum Gasteiger partial charge on any atom is -0.492 e. The molecule has 0 unspecified atom stereocenters. The van der Waals surface area contributed by atoms with E-state index >= 15 is 0 Å². The molecular formula is C45H64N4O3. The maximum Gasteiger partial charge on any atom is 0.150 e. The lowest BCUT2D eigenvalue weighted by atomic mass is 9.87. The van der Waals surface area contributed by atoms with Crippen molar-refractivity contribution in [2.45, 2.75) is 117 Å². The predicted molar refractivity (Wildman–Crippen MR) is 215 cm³/mol. The van der Waals surface area contributed by atoms with E-state index in [4.69, 9.17) is 19.2 Å². The molecule has 0 spiro atoms. The predicted octanol–water partition coefficient (Wildman–Crippen LogP) is 10.7. The molecule has 0 saturated heterocycles. The molecule has 6 rings (SSSR count). The molecule has 1 aromatic heterocycles. The van der Waals surface area contributed by atoms with Crippen LogP contribution < -0.4 is 24.8 Å². The minimum atomic E-state index is 0.0976. The molecule has 0 bridgehead atoms. The largest absolute Gasteiger partial charge is 0.492 e. The minimum absolute atomic E-state index is 0.0976. The van der Waals surface area contributed by atoms with Crippen molar-refractivity contribution in [3.05, 3.63) is 66.2 Å². The number of aromatic nitrogens is 2. The van der Waals surface area contributed by atoms with Crippen molar-refractivity contribution in [1.82, 2.24) is 20.2 Å². The van der Waals surface area contributed by atoms with Crippen LogP contribution in [0.4, 0.5) is 0 Å². The summed E-state index contributed by atoms with van der Waals surface area (Å²) < 4.78 is 21.7. The Bertz CT molecular complexity index is 1660. The number of unbranched alkanes of at least 4 members (excludes halogenated alkanes) is 1. The average molecular weight is 709 g/mol. The molecule has 2 aliphatic rings. The molecule has 2 saturated carbocycles. The topological polar surface area (TPSA) is 69.6 Å². The van der Waals surface area contributed by atoms with Crippen LogP contribution in [-0.2, 0) is 12.0 Å². The Kier molecular flexibility index (Phi) is 13.9. The van der Waals surface area contributed by atoms with Gasteiger partial charge in [-0.15, -0.1) is 0 Å². The highest BCUT2D eigenvalue weighted by Gasteiger charge is 2.20. The van der Waals surface area contributed by atoms with E-state index in [0.29, 0.717) is 13.2 Å². The van der Waals surface area contributed by atoms with Crippen LogP contribution in [0.1, 0.15) is 110 Å². The van der Waals surface area contributed by atoms with Crippen molar-refractivity contribution in [3.8, 4) is 34.4 Å². The summed E-state index contributed by atoms with van der Waals surface area (Å²) in [5.41, 5.74) is 4.33. The van der Waals surface area contributed by atoms with E-state index in [1.807, 2.05) is 12.1 Å². The molecule has 2 aliphatic carbocycles. The molecule has 7 nitrogen and oxygen atoms in total. The summed E-state index contributed by atoms with van der Waals surface area (Å²) in [5.74, 6) is 5.75. The van der Waals surface area contributed by atoms with E-state index in [0.717, 1.165) is 103 Å². The molecule has 2 N–H and O–H groups in total. The highest BCUT2D eigenvalue weighted by Crippen LogP contribution is 2.37. The van der Waals surface area contributed by atoms with E-state index < -0.39 is 0 Å². The van der Waals surface area contributed by atoms with Crippen LogP contribution in [0, 0.1) is 11.8 Å². The second-order valence-corrected chi connectivity index (χ2v) is 16.2. The first-order valence-electron chi connectivity index (χ1n) is 20.5. The van der Waals surface area contributed by atoms with Gasteiger partial charge in [-0.05, 0) is 92.3 Å². The third-order valence-electron chi connectivity index (χ3n) is 11.0. The lowest BCUT2D eigenvalue weighted by Gasteiger charge is -2.22. The maximum absolute atomic E-state index is 6.54. The number of hydrogen-bond donors (Lipinski definition) is 2. The van der Waals surface area contributed by atoms with Crippen molar-refractivity contribution in [2.75, 3.05) is 39.4 Å². The van der Waals surface area contributed by atoms with Gasteiger partial charge in [-0.25, -0.2) is 4.98 Å². The first-order valence-corrected chi connectivity index (χ1v) is 20.5. The summed E-state index contributed by atoms with van der Waals surface area (Å²) in [6.45, 7) is 14.8. The highest BCUT2D eigenvalue weighted by atomic mass is 16.5. The summed E-state index contributed by atoms with van der Waals surface area (Å²) in [4.78, 5) is 5.29. The van der Waals surface area contributed by atoms with Crippen LogP contribution in [0.2, 0.25) is 0 Å². The zero-order valence-corrected chi connectivity index (χ0v) is 32.5. The second kappa shape index (κ2) is 19.0. The molecule has 282 valence electrons. The van der Waals surface area contributed by atoms with Crippen LogP contribution >= 0.6 is 0 Å². The van der Waals surface area contributed by atoms with Crippen molar-refractivity contribution in [2.24, 2.45) is 11.8 Å². The van der Waals surface area contributed by atoms with Gasteiger partial charge in [-0.2, -0.15) is 0 Å². The van der Waals surface area contributed by atoms with Gasteiger partial charge in [0.05, 0.1) is 5.52 Å². The first-order chi connectivity index (χ1) is 25.4. The fraction of sp³-hybridized carbons (Fsp3) is 0.578. The van der Waals surface area contributed by atoms with Crippen LogP contribution in [0.3, 0.4) is 0 Å². The van der Waals surface area contributed by atoms with Gasteiger partial charge in [0.1, 0.15) is 41.8 Å². The average Bonchev–Trinajstić information content (AvgIpc) is 3.53. The number of fused-ring (bicyclic) bond motifs is 1. The number of rotatable bonds is 18. The van der Waals surface area contributed by atoms with Crippen molar-refractivity contribution >= 4 is 11.0 Å². The Balaban J connectivity index is 1.22. The SMILES string of the molecule is CCCCn1c(-c2cccc(Oc3ccc(C(C)(C)C)cc3)c2)nc2c(OCCNCC3CCCCC3)cc(OCCNCC3CCCCC3)cc21. The quantitative estimate of drug-likeness (QED) is 0.100. The van der Waals surface area contributed by atoms with Gasteiger partial charge in [-0.3, -0.25) is 0 Å². The first kappa shape index (κ1) is 38.2. The number of nitrogens with one attached hydrogen (secondary N) is 2. The van der Waals surface area contributed by atoms with Crippen molar-refractivity contribution in [1.29, 1.82) is 0 Å². The third-order valence-corrected chi connectivity index (χ3v) is 11.0. The molecule has 0 amide bonds. The summed E-state index contributed by atoms with van der Waals surface area (Å²) in [7, 11) is 0. The maximum atomic E-state index is 6.54. The monoisotopic (exact) mass is 708 g/mol. The van der Waals surface area contributed by atoms with Crippen LogP contribution in [-0.4, -0.2) is 48.9 Å². The van der Waals surface area contributed by atoms with Gasteiger partial charge < -0.3 is 29.4 Å². The molecule has 4 aromatic rings. The molecule has 0 atom stereocenters. The summed E-state index contributed by atoms with van der Waals surface area (Å²) in [5, 5.41) is 7.32. The van der Waals surface area contributed by atoms with E-state index in [1.54, 1.807) is 0 Å². The van der Waals surface area contributed by atoms with E-state index in [1.165, 1.54) is 69.8 Å². The Labute approximate surface area is 313 Å². The molecule has 1 heterocycles. The third kappa shape index (κ3) is 10.8. The van der Waals surface area contributed by atoms with Crippen LogP contribution in [0.15, 0.2) is 60.7 Å². The molecule has 7 heteroatoms. The van der Waals surface area contributed by atoms with Crippen molar-refractivity contribution < 1.29 is 14.2 Å². The highest BCUT2D eigenvalue weighted by molar-refractivity contribution is 5.87. The number of nitrogens with zero attached hydrogens (tertiary/aromatic N) is 2. The Morgan fingerprint density at radius 3 is 2.02 bits per heavy atom. The number of hydrogen-bond acceptors (Lipinski definition) is 6. The number of imidazole rings is 1. The molecular weight excluding hydrogens is 645 g/mol. The number of benzene rings is 3. The van der Waals surface area contributed by atoms with Crippen LogP contribution in [0.5, 0.6) is 23.0 Å². The Hall–Kier alpha value is -3.55. The summed E-state index contributed by atoms with van der Waals surface area (Å²) >= 11 is 0. The summed E-state index contributed by atoms with van der Waals surface area (Å²) in [6, 6.07) is 20.9. The van der Waals surface area contributed by atoms with Gasteiger partial charge in [0.25, 0.3) is 0 Å². The normalized spacial score (nSPS) is 16.0. The van der Waals surface area contributed by atoms with Gasteiger partial charge in [0.2, 0.25) is 0 Å².